The molecule has 0 bridgehead atoms. The van der Waals surface area contributed by atoms with Gasteiger partial charge in [-0.25, -0.2) is 9.98 Å². The van der Waals surface area contributed by atoms with Crippen molar-refractivity contribution in [1.29, 1.82) is 0 Å². The van der Waals surface area contributed by atoms with Gasteiger partial charge in [-0.05, 0) is 37.1 Å². The van der Waals surface area contributed by atoms with Crippen LogP contribution >= 0.6 is 0 Å². The van der Waals surface area contributed by atoms with Gasteiger partial charge in [-0.15, -0.1) is 0 Å². The molecule has 2 aliphatic rings. The average molecular weight is 313 g/mol. The Labute approximate surface area is 135 Å². The molecule has 23 heavy (non-hydrogen) atoms. The number of amides is 3. The van der Waals surface area contributed by atoms with E-state index in [1.54, 1.807) is 26.8 Å². The fourth-order valence-electron chi connectivity index (χ4n) is 1.57. The molecule has 0 aromatic heterocycles. The summed E-state index contributed by atoms with van der Waals surface area (Å²) >= 11 is 0. The van der Waals surface area contributed by atoms with Gasteiger partial charge < -0.3 is 5.32 Å². The minimum absolute atomic E-state index is 0.164. The molecule has 0 aliphatic carbocycles. The third-order valence-electron chi connectivity index (χ3n) is 2.97. The van der Waals surface area contributed by atoms with E-state index in [4.69, 9.17) is 0 Å². The maximum atomic E-state index is 11.3. The van der Waals surface area contributed by atoms with E-state index in [0.29, 0.717) is 23.3 Å². The normalized spacial score (nSPS) is 16.9. The maximum absolute atomic E-state index is 11.3. The molecule has 120 valence electrons. The SMILES string of the molecule is C=C1C=C(NC(=O)CC)C(=O)N=C1C.C=C1C=NC(=O)C(C)=C1. The molecule has 2 aliphatic heterocycles. The number of allylic oxidation sites excluding steroid dienone is 4. The van der Waals surface area contributed by atoms with Crippen LogP contribution in [0.5, 0.6) is 0 Å². The van der Waals surface area contributed by atoms with E-state index in [2.05, 4.69) is 28.5 Å². The van der Waals surface area contributed by atoms with Crippen molar-refractivity contribution in [2.24, 2.45) is 9.98 Å². The number of hydrogen-bond acceptors (Lipinski definition) is 3. The van der Waals surface area contributed by atoms with Gasteiger partial charge in [-0.2, -0.15) is 0 Å². The van der Waals surface area contributed by atoms with E-state index in [1.165, 1.54) is 12.3 Å². The van der Waals surface area contributed by atoms with Crippen molar-refractivity contribution in [2.45, 2.75) is 27.2 Å². The van der Waals surface area contributed by atoms with E-state index in [9.17, 15) is 14.4 Å². The van der Waals surface area contributed by atoms with E-state index in [0.717, 1.165) is 5.57 Å². The van der Waals surface area contributed by atoms with Gasteiger partial charge in [-0.1, -0.05) is 20.1 Å². The zero-order chi connectivity index (χ0) is 17.6. The Kier molecular flexibility index (Phi) is 6.26. The maximum Gasteiger partial charge on any atom is 0.293 e. The summed E-state index contributed by atoms with van der Waals surface area (Å²) in [5, 5.41) is 2.47. The summed E-state index contributed by atoms with van der Waals surface area (Å²) in [7, 11) is 0. The lowest BCUT2D eigenvalue weighted by Gasteiger charge is -2.11. The Balaban J connectivity index is 0.000000253. The van der Waals surface area contributed by atoms with Crippen molar-refractivity contribution < 1.29 is 14.4 Å². The number of carbonyl (C=O) groups excluding carboxylic acids is 3. The van der Waals surface area contributed by atoms with Crippen LogP contribution in [0.2, 0.25) is 0 Å². The highest BCUT2D eigenvalue weighted by molar-refractivity contribution is 6.14. The molecule has 0 aromatic rings. The zero-order valence-corrected chi connectivity index (χ0v) is 13.5. The second kappa shape index (κ2) is 7.93. The second-order valence-electron chi connectivity index (χ2n) is 4.95. The Morgan fingerprint density at radius 1 is 1.17 bits per heavy atom. The molecule has 0 atom stereocenters. The van der Waals surface area contributed by atoms with Crippen LogP contribution in [0.3, 0.4) is 0 Å². The quantitative estimate of drug-likeness (QED) is 0.846. The minimum Gasteiger partial charge on any atom is -0.321 e. The van der Waals surface area contributed by atoms with E-state index >= 15 is 0 Å². The highest BCUT2D eigenvalue weighted by atomic mass is 16.2. The molecule has 6 heteroatoms. The molecule has 2 heterocycles. The summed E-state index contributed by atoms with van der Waals surface area (Å²) in [5.41, 5.74) is 2.88. The van der Waals surface area contributed by atoms with Crippen molar-refractivity contribution in [3.05, 3.63) is 47.7 Å². The number of carbonyl (C=O) groups is 3. The molecule has 0 saturated heterocycles. The Hall–Kier alpha value is -2.89. The van der Waals surface area contributed by atoms with Gasteiger partial charge in [-0.3, -0.25) is 14.4 Å². The number of aliphatic imine (C=N–C) groups is 2. The predicted molar refractivity (Wildman–Crippen MR) is 90.2 cm³/mol. The molecule has 0 spiro atoms. The average Bonchev–Trinajstić information content (AvgIpc) is 2.49. The van der Waals surface area contributed by atoms with Crippen LogP contribution in [-0.2, 0) is 14.4 Å². The van der Waals surface area contributed by atoms with Gasteiger partial charge in [0.15, 0.2) is 0 Å². The van der Waals surface area contributed by atoms with Gasteiger partial charge in [0, 0.05) is 23.9 Å². The first-order chi connectivity index (χ1) is 10.7. The molecule has 0 saturated carbocycles. The summed E-state index contributed by atoms with van der Waals surface area (Å²) in [6.45, 7) is 12.5. The summed E-state index contributed by atoms with van der Waals surface area (Å²) in [5.74, 6) is -0.786. The first kappa shape index (κ1) is 18.2. The first-order valence-electron chi connectivity index (χ1n) is 7.00. The molecular formula is C17H19N3O3. The van der Waals surface area contributed by atoms with Gasteiger partial charge in [0.25, 0.3) is 11.8 Å². The Morgan fingerprint density at radius 3 is 2.35 bits per heavy atom. The van der Waals surface area contributed by atoms with Gasteiger partial charge in [0.2, 0.25) is 5.91 Å². The monoisotopic (exact) mass is 313 g/mol. The summed E-state index contributed by atoms with van der Waals surface area (Å²) < 4.78 is 0. The molecule has 6 nitrogen and oxygen atoms in total. The minimum atomic E-state index is -0.420. The van der Waals surface area contributed by atoms with Crippen LogP contribution in [0.4, 0.5) is 0 Å². The molecule has 2 rings (SSSR count). The molecule has 3 amide bonds. The van der Waals surface area contributed by atoms with Crippen molar-refractivity contribution in [3.63, 3.8) is 0 Å². The standard InChI is InChI=1S/C10H12N2O2.C7H7NO/c1-4-9(13)12-8-5-6(2)7(3)11-10(8)14;1-5-3-6(2)7(9)8-4-5/h5H,2,4H2,1,3H3,(H,12,13);3-4H,1H2,2H3. The van der Waals surface area contributed by atoms with Gasteiger partial charge in [0.05, 0.1) is 0 Å². The second-order valence-corrected chi connectivity index (χ2v) is 4.95. The highest BCUT2D eigenvalue weighted by Gasteiger charge is 2.16. The summed E-state index contributed by atoms with van der Waals surface area (Å²) in [6, 6.07) is 0. The molecule has 0 aromatic carbocycles. The third kappa shape index (κ3) is 5.43. The third-order valence-corrected chi connectivity index (χ3v) is 2.97. The summed E-state index contributed by atoms with van der Waals surface area (Å²) in [6.07, 6.45) is 5.06. The van der Waals surface area contributed by atoms with Crippen molar-refractivity contribution in [1.82, 2.24) is 5.32 Å². The molecule has 1 N–H and O–H groups in total. The van der Waals surface area contributed by atoms with Crippen molar-refractivity contribution in [2.75, 3.05) is 0 Å². The first-order valence-corrected chi connectivity index (χ1v) is 7.00. The number of dihydropyridines is 2. The molecule has 0 unspecified atom stereocenters. The largest absolute Gasteiger partial charge is 0.321 e. The fraction of sp³-hybridized carbons (Fsp3) is 0.235. The van der Waals surface area contributed by atoms with Gasteiger partial charge >= 0.3 is 0 Å². The Morgan fingerprint density at radius 2 is 1.83 bits per heavy atom. The van der Waals surface area contributed by atoms with Crippen LogP contribution in [0, 0.1) is 0 Å². The van der Waals surface area contributed by atoms with Gasteiger partial charge in [0.1, 0.15) is 5.70 Å². The number of nitrogens with zero attached hydrogens (tertiary/aromatic N) is 2. The van der Waals surface area contributed by atoms with Crippen LogP contribution in [0.1, 0.15) is 27.2 Å². The predicted octanol–water partition coefficient (Wildman–Crippen LogP) is 2.05. The highest BCUT2D eigenvalue weighted by Crippen LogP contribution is 2.10. The van der Waals surface area contributed by atoms with Crippen LogP contribution in [-0.4, -0.2) is 29.6 Å². The topological polar surface area (TPSA) is 88.0 Å². The number of rotatable bonds is 2. The molecular weight excluding hydrogens is 294 g/mol. The van der Waals surface area contributed by atoms with Crippen molar-refractivity contribution >= 4 is 29.6 Å². The number of hydrogen-bond donors (Lipinski definition) is 1. The van der Waals surface area contributed by atoms with Crippen LogP contribution < -0.4 is 5.32 Å². The smallest absolute Gasteiger partial charge is 0.293 e. The zero-order valence-electron chi connectivity index (χ0n) is 13.5. The van der Waals surface area contributed by atoms with E-state index in [-0.39, 0.29) is 17.5 Å². The number of nitrogens with one attached hydrogen (secondary N) is 1. The van der Waals surface area contributed by atoms with Crippen LogP contribution in [0.25, 0.3) is 0 Å². The van der Waals surface area contributed by atoms with E-state index < -0.39 is 5.91 Å². The molecule has 0 radical (unpaired) electrons. The molecule has 0 fully saturated rings. The van der Waals surface area contributed by atoms with E-state index in [1.807, 2.05) is 0 Å². The Bertz CT molecular complexity index is 707. The van der Waals surface area contributed by atoms with Crippen LogP contribution in [0.15, 0.2) is 57.7 Å². The fourth-order valence-corrected chi connectivity index (χ4v) is 1.57. The summed E-state index contributed by atoms with van der Waals surface area (Å²) in [4.78, 5) is 40.2. The lowest BCUT2D eigenvalue weighted by molar-refractivity contribution is -0.122. The van der Waals surface area contributed by atoms with Crippen molar-refractivity contribution in [3.8, 4) is 0 Å². The lowest BCUT2D eigenvalue weighted by atomic mass is 10.1. The lowest BCUT2D eigenvalue weighted by Crippen LogP contribution is -2.28.